The lowest BCUT2D eigenvalue weighted by molar-refractivity contribution is 0.354. The number of rotatable bonds is 7. The molecule has 0 radical (unpaired) electrons. The summed E-state index contributed by atoms with van der Waals surface area (Å²) >= 11 is 0. The molecule has 0 aromatic carbocycles. The third-order valence-electron chi connectivity index (χ3n) is 1.97. The summed E-state index contributed by atoms with van der Waals surface area (Å²) < 4.78 is 22.3. The van der Waals surface area contributed by atoms with Crippen LogP contribution < -0.4 is 5.32 Å². The first-order valence-electron chi connectivity index (χ1n) is 4.55. The summed E-state index contributed by atoms with van der Waals surface area (Å²) in [4.78, 5) is 2.02. The third kappa shape index (κ3) is 6.98. The maximum atomic E-state index is 11.1. The summed E-state index contributed by atoms with van der Waals surface area (Å²) in [5, 5.41) is 3.02. The van der Waals surface area contributed by atoms with Crippen LogP contribution in [-0.4, -0.2) is 58.6 Å². The maximum Gasteiger partial charge on any atom is 0.151 e. The molecule has 0 spiro atoms. The summed E-state index contributed by atoms with van der Waals surface area (Å²) in [6.07, 6.45) is 0. The standard InChI is InChI=1S/C8H20N2O2S/c1-4-13(11,12)8-7-10(3)6-5-9-2/h9H,4-8H2,1-3H3. The second-order valence-corrected chi connectivity index (χ2v) is 5.62. The first kappa shape index (κ1) is 12.9. The Hall–Kier alpha value is -0.130. The van der Waals surface area contributed by atoms with Crippen LogP contribution in [0.1, 0.15) is 6.92 Å². The molecule has 13 heavy (non-hydrogen) atoms. The minimum atomic E-state index is -2.80. The number of nitrogens with zero attached hydrogens (tertiary/aromatic N) is 1. The van der Waals surface area contributed by atoms with Crippen molar-refractivity contribution in [2.75, 3.05) is 45.2 Å². The molecule has 0 aromatic heterocycles. The van der Waals surface area contributed by atoms with E-state index in [1.165, 1.54) is 0 Å². The van der Waals surface area contributed by atoms with Gasteiger partial charge in [0.25, 0.3) is 0 Å². The van der Waals surface area contributed by atoms with Gasteiger partial charge < -0.3 is 10.2 Å². The van der Waals surface area contributed by atoms with E-state index in [4.69, 9.17) is 0 Å². The first-order chi connectivity index (χ1) is 6.02. The highest BCUT2D eigenvalue weighted by Gasteiger charge is 2.08. The van der Waals surface area contributed by atoms with Crippen LogP contribution in [-0.2, 0) is 9.84 Å². The van der Waals surface area contributed by atoms with Crippen LogP contribution in [0.2, 0.25) is 0 Å². The Morgan fingerprint density at radius 1 is 1.31 bits per heavy atom. The van der Waals surface area contributed by atoms with Crippen LogP contribution in [0.5, 0.6) is 0 Å². The molecule has 0 saturated heterocycles. The first-order valence-corrected chi connectivity index (χ1v) is 6.37. The number of hydrogen-bond acceptors (Lipinski definition) is 4. The highest BCUT2D eigenvalue weighted by Crippen LogP contribution is 1.91. The van der Waals surface area contributed by atoms with E-state index in [1.807, 2.05) is 19.0 Å². The van der Waals surface area contributed by atoms with Crippen LogP contribution in [0.4, 0.5) is 0 Å². The fourth-order valence-corrected chi connectivity index (χ4v) is 1.73. The van der Waals surface area contributed by atoms with Gasteiger partial charge in [0.05, 0.1) is 5.75 Å². The second-order valence-electron chi connectivity index (χ2n) is 3.14. The third-order valence-corrected chi connectivity index (χ3v) is 3.65. The molecule has 0 aliphatic heterocycles. The van der Waals surface area contributed by atoms with Gasteiger partial charge in [-0.15, -0.1) is 0 Å². The van der Waals surface area contributed by atoms with Crippen molar-refractivity contribution in [3.63, 3.8) is 0 Å². The minimum absolute atomic E-state index is 0.243. The average molecular weight is 208 g/mol. The zero-order chi connectivity index (χ0) is 10.3. The van der Waals surface area contributed by atoms with Crippen molar-refractivity contribution in [1.29, 1.82) is 0 Å². The fraction of sp³-hybridized carbons (Fsp3) is 1.00. The van der Waals surface area contributed by atoms with E-state index < -0.39 is 9.84 Å². The highest BCUT2D eigenvalue weighted by molar-refractivity contribution is 7.91. The Morgan fingerprint density at radius 3 is 2.38 bits per heavy atom. The summed E-state index contributed by atoms with van der Waals surface area (Å²) in [5.41, 5.74) is 0. The predicted octanol–water partition coefficient (Wildman–Crippen LogP) is -0.428. The Labute approximate surface area is 81.2 Å². The lowest BCUT2D eigenvalue weighted by Gasteiger charge is -2.15. The van der Waals surface area contributed by atoms with E-state index in [0.29, 0.717) is 6.54 Å². The van der Waals surface area contributed by atoms with Gasteiger partial charge in [-0.05, 0) is 14.1 Å². The second kappa shape index (κ2) is 6.34. The summed E-state index contributed by atoms with van der Waals surface area (Å²) in [6.45, 7) is 4.08. The molecule has 4 nitrogen and oxygen atoms in total. The van der Waals surface area contributed by atoms with Crippen molar-refractivity contribution in [3.05, 3.63) is 0 Å². The SMILES string of the molecule is CCS(=O)(=O)CCN(C)CCNC. The number of hydrogen-bond donors (Lipinski definition) is 1. The summed E-state index contributed by atoms with van der Waals surface area (Å²) in [6, 6.07) is 0. The summed E-state index contributed by atoms with van der Waals surface area (Å²) in [5.74, 6) is 0.510. The number of sulfone groups is 1. The Kier molecular flexibility index (Phi) is 6.28. The van der Waals surface area contributed by atoms with E-state index in [0.717, 1.165) is 13.1 Å². The fourth-order valence-electron chi connectivity index (χ4n) is 0.854. The molecule has 0 heterocycles. The van der Waals surface area contributed by atoms with E-state index in [9.17, 15) is 8.42 Å². The van der Waals surface area contributed by atoms with Crippen LogP contribution in [0.25, 0.3) is 0 Å². The quantitative estimate of drug-likeness (QED) is 0.617. The van der Waals surface area contributed by atoms with Gasteiger partial charge in [0.1, 0.15) is 0 Å². The molecular formula is C8H20N2O2S. The van der Waals surface area contributed by atoms with Crippen LogP contribution >= 0.6 is 0 Å². The largest absolute Gasteiger partial charge is 0.318 e. The van der Waals surface area contributed by atoms with Gasteiger partial charge in [-0.1, -0.05) is 6.92 Å². The Balaban J connectivity index is 3.63. The number of nitrogens with one attached hydrogen (secondary N) is 1. The maximum absolute atomic E-state index is 11.1. The molecule has 0 amide bonds. The molecule has 0 atom stereocenters. The van der Waals surface area contributed by atoms with Gasteiger partial charge in [0.15, 0.2) is 9.84 Å². The molecule has 0 aliphatic rings. The average Bonchev–Trinajstić information content (AvgIpc) is 2.11. The van der Waals surface area contributed by atoms with Crippen LogP contribution in [0, 0.1) is 0 Å². The van der Waals surface area contributed by atoms with Crippen LogP contribution in [0.15, 0.2) is 0 Å². The van der Waals surface area contributed by atoms with Gasteiger partial charge in [-0.2, -0.15) is 0 Å². The van der Waals surface area contributed by atoms with Gasteiger partial charge >= 0.3 is 0 Å². The molecule has 1 N–H and O–H groups in total. The Morgan fingerprint density at radius 2 is 1.92 bits per heavy atom. The van der Waals surface area contributed by atoms with Gasteiger partial charge in [0, 0.05) is 25.4 Å². The minimum Gasteiger partial charge on any atom is -0.318 e. The van der Waals surface area contributed by atoms with Gasteiger partial charge in [0.2, 0.25) is 0 Å². The Bertz CT molecular complexity index is 214. The highest BCUT2D eigenvalue weighted by atomic mass is 32.2. The molecule has 0 bridgehead atoms. The zero-order valence-electron chi connectivity index (χ0n) is 8.71. The molecule has 0 unspecified atom stereocenters. The van der Waals surface area contributed by atoms with E-state index >= 15 is 0 Å². The molecule has 0 rings (SSSR count). The molecule has 0 aromatic rings. The van der Waals surface area contributed by atoms with E-state index in [-0.39, 0.29) is 11.5 Å². The monoisotopic (exact) mass is 208 g/mol. The molecule has 80 valence electrons. The smallest absolute Gasteiger partial charge is 0.151 e. The predicted molar refractivity (Wildman–Crippen MR) is 55.8 cm³/mol. The van der Waals surface area contributed by atoms with Crippen molar-refractivity contribution in [3.8, 4) is 0 Å². The molecule has 0 aliphatic carbocycles. The molecule has 0 saturated carbocycles. The van der Waals surface area contributed by atoms with Gasteiger partial charge in [-0.3, -0.25) is 0 Å². The summed E-state index contributed by atoms with van der Waals surface area (Å²) in [7, 11) is 1.02. The molecule has 5 heteroatoms. The molecule has 0 fully saturated rings. The number of likely N-dealkylation sites (N-methyl/N-ethyl adjacent to an activating group) is 2. The lowest BCUT2D eigenvalue weighted by atomic mass is 10.5. The van der Waals surface area contributed by atoms with Crippen molar-refractivity contribution in [1.82, 2.24) is 10.2 Å². The normalized spacial score (nSPS) is 12.3. The van der Waals surface area contributed by atoms with Crippen molar-refractivity contribution in [2.45, 2.75) is 6.92 Å². The van der Waals surface area contributed by atoms with E-state index in [1.54, 1.807) is 6.92 Å². The molecular weight excluding hydrogens is 188 g/mol. The van der Waals surface area contributed by atoms with Gasteiger partial charge in [-0.25, -0.2) is 8.42 Å². The van der Waals surface area contributed by atoms with E-state index in [2.05, 4.69) is 5.32 Å². The van der Waals surface area contributed by atoms with Crippen molar-refractivity contribution >= 4 is 9.84 Å². The lowest BCUT2D eigenvalue weighted by Crippen LogP contribution is -2.31. The van der Waals surface area contributed by atoms with Crippen LogP contribution in [0.3, 0.4) is 0 Å². The van der Waals surface area contributed by atoms with Crippen molar-refractivity contribution < 1.29 is 8.42 Å². The zero-order valence-corrected chi connectivity index (χ0v) is 9.52. The van der Waals surface area contributed by atoms with Crippen molar-refractivity contribution in [2.24, 2.45) is 0 Å². The topological polar surface area (TPSA) is 49.4 Å².